The Morgan fingerprint density at radius 2 is 1.56 bits per heavy atom. The Balaban J connectivity index is 1.38. The normalized spacial score (nSPS) is 18.8. The van der Waals surface area contributed by atoms with E-state index in [1.807, 2.05) is 6.07 Å². The van der Waals surface area contributed by atoms with Crippen molar-refractivity contribution in [2.45, 2.75) is 4.90 Å². The fourth-order valence-corrected chi connectivity index (χ4v) is 6.31. The number of carbonyl (C=O) groups excluding carboxylic acids is 2. The Hall–Kier alpha value is -3.02. The van der Waals surface area contributed by atoms with Gasteiger partial charge in [-0.15, -0.1) is 0 Å². The van der Waals surface area contributed by atoms with Gasteiger partial charge in [-0.25, -0.2) is 21.1 Å². The number of rotatable bonds is 5. The third-order valence-corrected chi connectivity index (χ3v) is 8.73. The van der Waals surface area contributed by atoms with Crippen molar-refractivity contribution in [2.75, 3.05) is 32.7 Å². The van der Waals surface area contributed by atoms with Crippen molar-refractivity contribution in [1.29, 1.82) is 0 Å². The van der Waals surface area contributed by atoms with Crippen molar-refractivity contribution in [2.24, 2.45) is 0 Å². The van der Waals surface area contributed by atoms with Crippen LogP contribution < -0.4 is 0 Å². The molecule has 168 valence electrons. The first-order chi connectivity index (χ1) is 15.2. The number of sulfonamides is 2. The third kappa shape index (κ3) is 4.18. The molecule has 9 nitrogen and oxygen atoms in total. The predicted octanol–water partition coefficient (Wildman–Crippen LogP) is 0.976. The van der Waals surface area contributed by atoms with E-state index < -0.39 is 38.4 Å². The monoisotopic (exact) mass is 475 g/mol. The van der Waals surface area contributed by atoms with Gasteiger partial charge in [-0.05, 0) is 23.8 Å². The first kappa shape index (κ1) is 22.2. The van der Waals surface area contributed by atoms with Gasteiger partial charge in [0.25, 0.3) is 15.9 Å². The second-order valence-electron chi connectivity index (χ2n) is 7.35. The molecule has 2 amide bonds. The quantitative estimate of drug-likeness (QED) is 0.637. The lowest BCUT2D eigenvalue weighted by atomic mass is 10.2. The first-order valence-electron chi connectivity index (χ1n) is 9.87. The molecule has 2 aromatic carbocycles. The summed E-state index contributed by atoms with van der Waals surface area (Å²) >= 11 is 0. The molecular weight excluding hydrogens is 454 g/mol. The zero-order valence-corrected chi connectivity index (χ0v) is 18.6. The van der Waals surface area contributed by atoms with Gasteiger partial charge in [-0.3, -0.25) is 9.59 Å². The van der Waals surface area contributed by atoms with E-state index in [0.717, 1.165) is 11.0 Å². The summed E-state index contributed by atoms with van der Waals surface area (Å²) in [5, 5.41) is 1.13. The van der Waals surface area contributed by atoms with E-state index in [1.165, 1.54) is 33.5 Å². The van der Waals surface area contributed by atoms with Crippen LogP contribution in [-0.4, -0.2) is 74.9 Å². The van der Waals surface area contributed by atoms with Crippen molar-refractivity contribution in [1.82, 2.24) is 13.5 Å². The largest absolute Gasteiger partial charge is 0.338 e. The number of hydrogen-bond donors (Lipinski definition) is 0. The van der Waals surface area contributed by atoms with E-state index in [1.54, 1.807) is 30.3 Å². The molecule has 0 saturated carbocycles. The summed E-state index contributed by atoms with van der Waals surface area (Å²) in [4.78, 5) is 26.4. The smallest absolute Gasteiger partial charge is 0.269 e. The highest BCUT2D eigenvalue weighted by molar-refractivity contribution is 7.92. The molecule has 0 N–H and O–H groups in total. The van der Waals surface area contributed by atoms with Crippen LogP contribution in [-0.2, 0) is 24.8 Å². The summed E-state index contributed by atoms with van der Waals surface area (Å²) in [6.07, 6.45) is 1.51. The number of nitrogens with zero attached hydrogens (tertiary/aromatic N) is 3. The minimum Gasteiger partial charge on any atom is -0.338 e. The second kappa shape index (κ2) is 8.49. The highest BCUT2D eigenvalue weighted by Gasteiger charge is 2.42. The van der Waals surface area contributed by atoms with Crippen LogP contribution in [0.4, 0.5) is 0 Å². The zero-order valence-electron chi connectivity index (χ0n) is 17.0. The van der Waals surface area contributed by atoms with Gasteiger partial charge in [0.2, 0.25) is 15.9 Å². The SMILES string of the molecule is O=C(CN1C(=O)c2ccccc2S1(=O)=O)N1CCN(S(=O)(=O)/C=C/c2ccccc2)CC1. The molecule has 4 rings (SSSR count). The Bertz CT molecular complexity index is 1280. The molecule has 0 unspecified atom stereocenters. The molecule has 2 aromatic rings. The molecule has 0 aromatic heterocycles. The van der Waals surface area contributed by atoms with Crippen LogP contribution in [0.25, 0.3) is 6.08 Å². The Morgan fingerprint density at radius 1 is 0.938 bits per heavy atom. The fourth-order valence-electron chi connectivity index (χ4n) is 3.62. The minimum atomic E-state index is -4.08. The van der Waals surface area contributed by atoms with Crippen LogP contribution in [0.3, 0.4) is 0 Å². The maximum Gasteiger partial charge on any atom is 0.269 e. The Morgan fingerprint density at radius 3 is 2.22 bits per heavy atom. The predicted molar refractivity (Wildman–Crippen MR) is 117 cm³/mol. The minimum absolute atomic E-state index is 0.0430. The fraction of sp³-hybridized carbons (Fsp3) is 0.238. The molecular formula is C21H21N3O6S2. The van der Waals surface area contributed by atoms with Gasteiger partial charge >= 0.3 is 0 Å². The van der Waals surface area contributed by atoms with Crippen molar-refractivity contribution in [3.8, 4) is 0 Å². The number of amides is 2. The summed E-state index contributed by atoms with van der Waals surface area (Å²) in [7, 11) is -7.74. The third-order valence-electron chi connectivity index (χ3n) is 5.37. The van der Waals surface area contributed by atoms with Gasteiger partial charge in [-0.1, -0.05) is 42.5 Å². The standard InChI is InChI=1S/C21H21N3O6S2/c25-20(16-24-21(26)18-8-4-5-9-19(18)32(24,29)30)22-11-13-23(14-12-22)31(27,28)15-10-17-6-2-1-3-7-17/h1-10,15H,11-14,16H2/b15-10+. The summed E-state index contributed by atoms with van der Waals surface area (Å²) < 4.78 is 52.2. The van der Waals surface area contributed by atoms with Gasteiger partial charge < -0.3 is 4.90 Å². The molecule has 1 saturated heterocycles. The van der Waals surface area contributed by atoms with Crippen molar-refractivity contribution >= 4 is 37.9 Å². The molecule has 0 spiro atoms. The van der Waals surface area contributed by atoms with Crippen molar-refractivity contribution in [3.05, 3.63) is 71.1 Å². The van der Waals surface area contributed by atoms with Crippen LogP contribution in [0, 0.1) is 0 Å². The lowest BCUT2D eigenvalue weighted by Crippen LogP contribution is -2.52. The van der Waals surface area contributed by atoms with E-state index in [0.29, 0.717) is 4.31 Å². The molecule has 2 aliphatic heterocycles. The zero-order chi connectivity index (χ0) is 22.9. The summed E-state index contributed by atoms with van der Waals surface area (Å²) in [5.74, 6) is -1.28. The summed E-state index contributed by atoms with van der Waals surface area (Å²) in [6.45, 7) is -0.253. The highest BCUT2D eigenvalue weighted by Crippen LogP contribution is 2.29. The lowest BCUT2D eigenvalue weighted by molar-refractivity contribution is -0.132. The Labute approximate surface area is 186 Å². The van der Waals surface area contributed by atoms with Crippen LogP contribution in [0.15, 0.2) is 64.9 Å². The van der Waals surface area contributed by atoms with Gasteiger partial charge in [0.1, 0.15) is 11.4 Å². The molecule has 1 fully saturated rings. The number of piperazine rings is 1. The lowest BCUT2D eigenvalue weighted by Gasteiger charge is -2.34. The van der Waals surface area contributed by atoms with E-state index in [9.17, 15) is 26.4 Å². The summed E-state index contributed by atoms with van der Waals surface area (Å²) in [5.41, 5.74) is 0.795. The number of hydrogen-bond acceptors (Lipinski definition) is 6. The molecule has 0 bridgehead atoms. The highest BCUT2D eigenvalue weighted by atomic mass is 32.2. The summed E-state index contributed by atoms with van der Waals surface area (Å²) in [6, 6.07) is 14.8. The molecule has 0 radical (unpaired) electrons. The number of benzene rings is 2. The second-order valence-corrected chi connectivity index (χ2v) is 11.0. The van der Waals surface area contributed by atoms with E-state index in [-0.39, 0.29) is 36.6 Å². The average Bonchev–Trinajstić information content (AvgIpc) is 2.99. The maximum atomic E-state index is 12.7. The van der Waals surface area contributed by atoms with Crippen molar-refractivity contribution in [3.63, 3.8) is 0 Å². The van der Waals surface area contributed by atoms with Gasteiger partial charge in [0, 0.05) is 31.6 Å². The number of carbonyl (C=O) groups is 2. The first-order valence-corrected chi connectivity index (χ1v) is 12.8. The van der Waals surface area contributed by atoms with Crippen LogP contribution in [0.1, 0.15) is 15.9 Å². The molecule has 32 heavy (non-hydrogen) atoms. The van der Waals surface area contributed by atoms with Crippen LogP contribution in [0.2, 0.25) is 0 Å². The molecule has 0 aliphatic carbocycles. The molecule has 2 aliphatic rings. The Kier molecular flexibility index (Phi) is 5.89. The molecule has 2 heterocycles. The average molecular weight is 476 g/mol. The molecule has 0 atom stereocenters. The van der Waals surface area contributed by atoms with E-state index >= 15 is 0 Å². The van der Waals surface area contributed by atoms with Crippen LogP contribution in [0.5, 0.6) is 0 Å². The van der Waals surface area contributed by atoms with E-state index in [4.69, 9.17) is 0 Å². The van der Waals surface area contributed by atoms with Gasteiger partial charge in [0.15, 0.2) is 0 Å². The van der Waals surface area contributed by atoms with Crippen molar-refractivity contribution < 1.29 is 26.4 Å². The van der Waals surface area contributed by atoms with Gasteiger partial charge in [-0.2, -0.15) is 4.31 Å². The molecule has 11 heteroatoms. The van der Waals surface area contributed by atoms with E-state index in [2.05, 4.69) is 0 Å². The maximum absolute atomic E-state index is 12.7. The van der Waals surface area contributed by atoms with Crippen LogP contribution >= 0.6 is 0 Å². The topological polar surface area (TPSA) is 112 Å². The van der Waals surface area contributed by atoms with Gasteiger partial charge in [0.05, 0.1) is 5.56 Å². The number of fused-ring (bicyclic) bond motifs is 1.